The molecule has 118 heavy (non-hydrogen) atoms. The fourth-order valence-corrected chi connectivity index (χ4v) is 18.5. The maximum atomic E-state index is 11.1. The number of anilines is 6. The van der Waals surface area contributed by atoms with E-state index in [0.29, 0.717) is 46.1 Å². The average Bonchev–Trinajstić information content (AvgIpc) is 1.49. The van der Waals surface area contributed by atoms with Crippen LogP contribution in [0.2, 0.25) is 0 Å². The number of rotatable bonds is 10. The minimum absolute atomic E-state index is 0.498. The summed E-state index contributed by atoms with van der Waals surface area (Å²) in [7, 11) is 0. The van der Waals surface area contributed by atoms with Crippen molar-refractivity contribution in [3.05, 3.63) is 455 Å². The first-order chi connectivity index (χ1) is 58.2. The Morgan fingerprint density at radius 3 is 0.729 bits per heavy atom. The zero-order valence-corrected chi connectivity index (χ0v) is 64.4. The van der Waals surface area contributed by atoms with E-state index in [-0.39, 0.29) is 0 Å². The van der Waals surface area contributed by atoms with E-state index in [1.165, 1.54) is 89.0 Å². The molecule has 0 amide bonds. The zero-order valence-electron chi connectivity index (χ0n) is 64.4. The first kappa shape index (κ1) is 70.0. The van der Waals surface area contributed by atoms with Gasteiger partial charge in [0.2, 0.25) is 0 Å². The van der Waals surface area contributed by atoms with Gasteiger partial charge in [-0.2, -0.15) is 10.5 Å². The average molecular weight is 1510 g/mol. The number of hydrogen-bond acceptors (Lipinski definition) is 10. The Kier molecular flexibility index (Phi) is 17.0. The first-order valence-electron chi connectivity index (χ1n) is 39.7. The summed E-state index contributed by atoms with van der Waals surface area (Å²) in [6.45, 7) is 4.33. The molecule has 10 heteroatoms. The van der Waals surface area contributed by atoms with Gasteiger partial charge in [-0.3, -0.25) is 0 Å². The summed E-state index contributed by atoms with van der Waals surface area (Å²) in [6, 6.07) is 141. The highest BCUT2D eigenvalue weighted by atomic mass is 15.2. The van der Waals surface area contributed by atoms with Crippen LogP contribution in [0.15, 0.2) is 388 Å². The summed E-state index contributed by atoms with van der Waals surface area (Å²) in [5.74, 6) is 3.30. The van der Waals surface area contributed by atoms with Crippen molar-refractivity contribution >= 4 is 34.1 Å². The van der Waals surface area contributed by atoms with Crippen LogP contribution in [0.25, 0.3) is 113 Å². The minimum Gasteiger partial charge on any atom is -0.308 e. The van der Waals surface area contributed by atoms with Gasteiger partial charge in [-0.1, -0.05) is 327 Å². The van der Waals surface area contributed by atoms with Crippen molar-refractivity contribution < 1.29 is 0 Å². The van der Waals surface area contributed by atoms with Crippen molar-refractivity contribution in [2.45, 2.75) is 24.7 Å². The van der Waals surface area contributed by atoms with Crippen molar-refractivity contribution in [1.82, 2.24) is 29.9 Å². The molecule has 4 heterocycles. The van der Waals surface area contributed by atoms with Gasteiger partial charge < -0.3 is 9.80 Å². The highest BCUT2D eigenvalue weighted by Crippen LogP contribution is 2.66. The largest absolute Gasteiger partial charge is 0.308 e. The van der Waals surface area contributed by atoms with Gasteiger partial charge in [0.1, 0.15) is 12.1 Å². The molecule has 2 aromatic heterocycles. The molecule has 10 nitrogen and oxygen atoms in total. The Morgan fingerprint density at radius 2 is 0.441 bits per heavy atom. The second kappa shape index (κ2) is 28.6. The highest BCUT2D eigenvalue weighted by Gasteiger charge is 2.54. The standard InChI is InChI=1S/C59H37N5.C49H33N5/c60-38-46-35-45(58-62-56(41-21-9-3-10-22-41)61-57(63-58)42-23-11-4-12-24-42)31-34-53(46)64-54-27-15-13-25-51(54)59(52-26-14-16-28-55(52)64)49-32-29-43(39-17-5-1-6-18-39)36-47(49)48-37-44(30-33-50(48)59)40-19-7-2-8-20-40;1-31-21-24-39-37(27-31)38-28-32(2)22-25-40(38)49(39)41-17-9-11-19-44(41)54(45-20-12-10-18-42(45)49)43-26-23-35(29-36(43)30-50)48-52-46(33-13-5-3-6-14-33)51-47(53-48)34-15-7-4-8-16-34/h1-37H;3-29H,1-2H3. The molecule has 0 unspecified atom stereocenters. The lowest BCUT2D eigenvalue weighted by Gasteiger charge is -2.45. The number of nitriles is 2. The molecule has 0 atom stereocenters. The SMILES string of the molecule is Cc1ccc2c(c1)-c1cc(C)ccc1C21c2ccccc2N(c2ccc(-c3nc(-c4ccccc4)nc(-c4ccccc4)n3)cc2C#N)c2ccccc21.N#Cc1cc(-c2nc(-c3ccccc3)nc(-c3ccccc3)n2)ccc1N1c2ccccc2C2(c3ccc(-c4ccccc4)cc3-c3cc(-c4ccccc4)ccc32)c2ccccc21. The monoisotopic (exact) mass is 1510 g/mol. The van der Waals surface area contributed by atoms with Gasteiger partial charge >= 0.3 is 0 Å². The van der Waals surface area contributed by atoms with Crippen molar-refractivity contribution in [3.8, 4) is 125 Å². The normalized spacial score (nSPS) is 12.9. The van der Waals surface area contributed by atoms with Gasteiger partial charge in [-0.15, -0.1) is 0 Å². The topological polar surface area (TPSA) is 131 Å². The first-order valence-corrected chi connectivity index (χ1v) is 39.7. The van der Waals surface area contributed by atoms with E-state index >= 15 is 0 Å². The van der Waals surface area contributed by atoms with Gasteiger partial charge in [-0.25, -0.2) is 29.9 Å². The van der Waals surface area contributed by atoms with E-state index in [0.717, 1.165) is 78.6 Å². The third kappa shape index (κ3) is 11.4. The number of aryl methyl sites for hydroxylation is 2. The van der Waals surface area contributed by atoms with E-state index in [1.54, 1.807) is 0 Å². The van der Waals surface area contributed by atoms with Crippen molar-refractivity contribution in [1.29, 1.82) is 10.5 Å². The van der Waals surface area contributed by atoms with Crippen LogP contribution < -0.4 is 9.80 Å². The zero-order chi connectivity index (χ0) is 79.0. The van der Waals surface area contributed by atoms with Gasteiger partial charge in [0, 0.05) is 33.4 Å². The molecule has 16 aromatic carbocycles. The predicted octanol–water partition coefficient (Wildman–Crippen LogP) is 25.7. The van der Waals surface area contributed by atoms with E-state index in [1.807, 2.05) is 158 Å². The molecule has 0 radical (unpaired) electrons. The summed E-state index contributed by atoms with van der Waals surface area (Å²) in [6.07, 6.45) is 0. The van der Waals surface area contributed by atoms with Crippen molar-refractivity contribution in [3.63, 3.8) is 0 Å². The highest BCUT2D eigenvalue weighted by molar-refractivity contribution is 6.00. The Bertz CT molecular complexity index is 6760. The van der Waals surface area contributed by atoms with Gasteiger partial charge in [0.15, 0.2) is 34.9 Å². The van der Waals surface area contributed by atoms with Crippen LogP contribution in [0.4, 0.5) is 34.1 Å². The summed E-state index contributed by atoms with van der Waals surface area (Å²) >= 11 is 0. The van der Waals surface area contributed by atoms with Gasteiger partial charge in [0.25, 0.3) is 0 Å². The molecule has 0 saturated carbocycles. The molecule has 0 N–H and O–H groups in total. The smallest absolute Gasteiger partial charge is 0.164 e. The minimum atomic E-state index is -0.641. The second-order valence-electron chi connectivity index (χ2n) is 30.4. The quantitative estimate of drug-likeness (QED) is 0.130. The molecule has 0 bridgehead atoms. The Balaban J connectivity index is 0.000000149. The Labute approximate surface area is 684 Å². The fourth-order valence-electron chi connectivity index (χ4n) is 18.5. The Morgan fingerprint density at radius 1 is 0.203 bits per heavy atom. The van der Waals surface area contributed by atoms with E-state index < -0.39 is 10.8 Å². The van der Waals surface area contributed by atoms with Gasteiger partial charge in [-0.05, 0) is 176 Å². The molecular formula is C108H70N10. The van der Waals surface area contributed by atoms with Gasteiger partial charge in [0.05, 0.1) is 56.1 Å². The molecule has 552 valence electrons. The molecule has 22 rings (SSSR count). The molecule has 2 spiro atoms. The van der Waals surface area contributed by atoms with E-state index in [4.69, 9.17) is 29.9 Å². The number of para-hydroxylation sites is 4. The maximum Gasteiger partial charge on any atom is 0.164 e. The number of fused-ring (bicyclic) bond motifs is 18. The maximum absolute atomic E-state index is 11.1. The molecule has 0 saturated heterocycles. The van der Waals surface area contributed by atoms with Crippen LogP contribution in [-0.4, -0.2) is 29.9 Å². The van der Waals surface area contributed by atoms with Crippen molar-refractivity contribution in [2.75, 3.05) is 9.80 Å². The van der Waals surface area contributed by atoms with Crippen molar-refractivity contribution in [2.24, 2.45) is 0 Å². The van der Waals surface area contributed by atoms with Crippen LogP contribution in [0, 0.1) is 36.5 Å². The molecule has 18 aromatic rings. The van der Waals surface area contributed by atoms with Crippen LogP contribution in [0.3, 0.4) is 0 Å². The summed E-state index contributed by atoms with van der Waals surface area (Å²) in [5.41, 5.74) is 32.5. The molecular weight excluding hydrogens is 1440 g/mol. The summed E-state index contributed by atoms with van der Waals surface area (Å²) in [4.78, 5) is 34.2. The molecule has 4 aliphatic rings. The van der Waals surface area contributed by atoms with Crippen LogP contribution >= 0.6 is 0 Å². The molecule has 2 aliphatic heterocycles. The van der Waals surface area contributed by atoms with E-state index in [2.05, 4.69) is 266 Å². The van der Waals surface area contributed by atoms with Crippen LogP contribution in [-0.2, 0) is 10.8 Å². The van der Waals surface area contributed by atoms with Crippen LogP contribution in [0.5, 0.6) is 0 Å². The number of hydrogen-bond donors (Lipinski definition) is 0. The molecule has 2 aliphatic carbocycles. The third-order valence-corrected chi connectivity index (χ3v) is 23.6. The predicted molar refractivity (Wildman–Crippen MR) is 473 cm³/mol. The van der Waals surface area contributed by atoms with E-state index in [9.17, 15) is 10.5 Å². The summed E-state index contributed by atoms with van der Waals surface area (Å²) in [5, 5.41) is 21.9. The molecule has 0 fully saturated rings. The third-order valence-electron chi connectivity index (χ3n) is 23.6. The lowest BCUT2D eigenvalue weighted by molar-refractivity contribution is 0.752. The lowest BCUT2D eigenvalue weighted by atomic mass is 9.64. The lowest BCUT2D eigenvalue weighted by Crippen LogP contribution is -2.36. The number of nitrogens with zero attached hydrogens (tertiary/aromatic N) is 10. The number of aromatic nitrogens is 6. The summed E-state index contributed by atoms with van der Waals surface area (Å²) < 4.78 is 0. The second-order valence-corrected chi connectivity index (χ2v) is 30.4. The number of benzene rings is 16. The van der Waals surface area contributed by atoms with Crippen LogP contribution in [0.1, 0.15) is 66.8 Å². The Hall–Kier alpha value is -15.9. The fraction of sp³-hybridized carbons (Fsp3) is 0.0370.